The van der Waals surface area contributed by atoms with Gasteiger partial charge in [-0.3, -0.25) is 0 Å². The fourth-order valence-electron chi connectivity index (χ4n) is 4.62. The molecule has 0 amide bonds. The Morgan fingerprint density at radius 3 is 2.57 bits per heavy atom. The van der Waals surface area contributed by atoms with Crippen LogP contribution in [0.1, 0.15) is 43.6 Å². The monoisotopic (exact) mass is 307 g/mol. The Hall–Kier alpha value is -2.03. The van der Waals surface area contributed by atoms with Crippen molar-refractivity contribution >= 4 is 11.5 Å². The van der Waals surface area contributed by atoms with Crippen molar-refractivity contribution in [1.29, 1.82) is 0 Å². The zero-order valence-corrected chi connectivity index (χ0v) is 13.6. The number of aromatic nitrogens is 1. The van der Waals surface area contributed by atoms with Gasteiger partial charge in [-0.15, -0.1) is 0 Å². The van der Waals surface area contributed by atoms with E-state index in [1.807, 2.05) is 6.07 Å². The van der Waals surface area contributed by atoms with Gasteiger partial charge in [-0.25, -0.2) is 4.98 Å². The van der Waals surface area contributed by atoms with Gasteiger partial charge >= 0.3 is 0 Å². The molecule has 1 saturated carbocycles. The Kier molecular flexibility index (Phi) is 3.94. The van der Waals surface area contributed by atoms with Gasteiger partial charge in [-0.05, 0) is 48.8 Å². The molecule has 4 rings (SSSR count). The van der Waals surface area contributed by atoms with Crippen molar-refractivity contribution in [3.05, 3.63) is 54.2 Å². The number of rotatable bonds is 2. The lowest BCUT2D eigenvalue weighted by atomic mass is 9.69. The van der Waals surface area contributed by atoms with E-state index in [1.54, 1.807) is 6.20 Å². The maximum absolute atomic E-state index is 5.81. The van der Waals surface area contributed by atoms with E-state index in [2.05, 4.69) is 46.3 Å². The number of nitrogen functional groups attached to an aromatic ring is 1. The Labute approximate surface area is 138 Å². The lowest BCUT2D eigenvalue weighted by Crippen LogP contribution is -2.50. The van der Waals surface area contributed by atoms with E-state index in [9.17, 15) is 0 Å². The summed E-state index contributed by atoms with van der Waals surface area (Å²) in [4.78, 5) is 7.14. The minimum Gasteiger partial charge on any atom is -0.397 e. The summed E-state index contributed by atoms with van der Waals surface area (Å²) in [6.07, 6.45) is 8.35. The van der Waals surface area contributed by atoms with E-state index in [0.717, 1.165) is 24.0 Å². The maximum atomic E-state index is 5.81. The number of hydrogen-bond acceptors (Lipinski definition) is 3. The largest absolute Gasteiger partial charge is 0.397 e. The van der Waals surface area contributed by atoms with Gasteiger partial charge in [0.1, 0.15) is 5.82 Å². The highest BCUT2D eigenvalue weighted by Crippen LogP contribution is 2.45. The SMILES string of the molecule is Nc1ccc(N2CC[C@H](c3ccccc3)[C@H]3CCCC[C@H]32)nc1. The molecular weight excluding hydrogens is 282 g/mol. The summed E-state index contributed by atoms with van der Waals surface area (Å²) in [7, 11) is 0. The van der Waals surface area contributed by atoms with Gasteiger partial charge in [-0.1, -0.05) is 43.2 Å². The molecule has 2 heterocycles. The molecule has 1 saturated heterocycles. The first-order valence-electron chi connectivity index (χ1n) is 8.86. The molecule has 3 heteroatoms. The Morgan fingerprint density at radius 1 is 0.957 bits per heavy atom. The molecule has 2 aliphatic rings. The zero-order chi connectivity index (χ0) is 15.6. The molecule has 23 heavy (non-hydrogen) atoms. The number of fused-ring (bicyclic) bond motifs is 1. The fraction of sp³-hybridized carbons (Fsp3) is 0.450. The smallest absolute Gasteiger partial charge is 0.128 e. The highest BCUT2D eigenvalue weighted by Gasteiger charge is 2.40. The number of hydrogen-bond donors (Lipinski definition) is 1. The molecular formula is C20H25N3. The number of anilines is 2. The minimum absolute atomic E-state index is 0.624. The van der Waals surface area contributed by atoms with Crippen LogP contribution in [0.15, 0.2) is 48.7 Å². The molecule has 0 unspecified atom stereocenters. The quantitative estimate of drug-likeness (QED) is 0.903. The second-order valence-corrected chi connectivity index (χ2v) is 6.96. The summed E-state index contributed by atoms with van der Waals surface area (Å²) in [5, 5.41) is 0. The third kappa shape index (κ3) is 2.80. The Morgan fingerprint density at radius 2 is 1.78 bits per heavy atom. The van der Waals surface area contributed by atoms with Gasteiger partial charge in [0.2, 0.25) is 0 Å². The third-order valence-electron chi connectivity index (χ3n) is 5.67. The predicted molar refractivity (Wildman–Crippen MR) is 95.5 cm³/mol. The summed E-state index contributed by atoms with van der Waals surface area (Å²) in [5.41, 5.74) is 8.07. The summed E-state index contributed by atoms with van der Waals surface area (Å²) in [6.45, 7) is 1.09. The summed E-state index contributed by atoms with van der Waals surface area (Å²) >= 11 is 0. The zero-order valence-electron chi connectivity index (χ0n) is 13.6. The summed E-state index contributed by atoms with van der Waals surface area (Å²) in [5.74, 6) is 2.55. The van der Waals surface area contributed by atoms with Crippen molar-refractivity contribution in [1.82, 2.24) is 4.98 Å². The van der Waals surface area contributed by atoms with Crippen LogP contribution >= 0.6 is 0 Å². The standard InChI is InChI=1S/C20H25N3/c21-16-10-11-20(22-14-16)23-13-12-17(15-6-2-1-3-7-15)18-8-4-5-9-19(18)23/h1-3,6-7,10-11,14,17-19H,4-5,8-9,12-13,21H2/t17-,18-,19-/m1/s1. The molecule has 120 valence electrons. The van der Waals surface area contributed by atoms with Crippen LogP contribution in [0.4, 0.5) is 11.5 Å². The van der Waals surface area contributed by atoms with Crippen molar-refractivity contribution in [2.45, 2.75) is 44.1 Å². The molecule has 0 radical (unpaired) electrons. The number of nitrogens with zero attached hydrogens (tertiary/aromatic N) is 2. The van der Waals surface area contributed by atoms with Gasteiger partial charge in [-0.2, -0.15) is 0 Å². The maximum Gasteiger partial charge on any atom is 0.128 e. The van der Waals surface area contributed by atoms with E-state index < -0.39 is 0 Å². The number of benzene rings is 1. The van der Waals surface area contributed by atoms with E-state index in [1.165, 1.54) is 37.7 Å². The van der Waals surface area contributed by atoms with Gasteiger partial charge in [0.25, 0.3) is 0 Å². The van der Waals surface area contributed by atoms with E-state index >= 15 is 0 Å². The van der Waals surface area contributed by atoms with Gasteiger partial charge in [0, 0.05) is 12.6 Å². The van der Waals surface area contributed by atoms with Crippen LogP contribution in [-0.4, -0.2) is 17.6 Å². The van der Waals surface area contributed by atoms with Crippen molar-refractivity contribution in [3.8, 4) is 0 Å². The van der Waals surface area contributed by atoms with Crippen molar-refractivity contribution < 1.29 is 0 Å². The lowest BCUT2D eigenvalue weighted by Gasteiger charge is -2.49. The summed E-state index contributed by atoms with van der Waals surface area (Å²) in [6, 6.07) is 15.8. The lowest BCUT2D eigenvalue weighted by molar-refractivity contribution is 0.211. The van der Waals surface area contributed by atoms with Crippen LogP contribution < -0.4 is 10.6 Å². The molecule has 3 nitrogen and oxygen atoms in total. The van der Waals surface area contributed by atoms with E-state index in [-0.39, 0.29) is 0 Å². The normalized spacial score (nSPS) is 27.5. The highest BCUT2D eigenvalue weighted by molar-refractivity contribution is 5.47. The average Bonchev–Trinajstić information content (AvgIpc) is 2.62. The van der Waals surface area contributed by atoms with E-state index in [0.29, 0.717) is 12.0 Å². The topological polar surface area (TPSA) is 42.1 Å². The first kappa shape index (κ1) is 14.6. The number of piperidine rings is 1. The number of pyridine rings is 1. The second-order valence-electron chi connectivity index (χ2n) is 6.96. The molecule has 1 aromatic heterocycles. The van der Waals surface area contributed by atoms with Crippen LogP contribution in [0.5, 0.6) is 0 Å². The second kappa shape index (κ2) is 6.23. The van der Waals surface area contributed by atoms with Crippen molar-refractivity contribution in [2.75, 3.05) is 17.2 Å². The Bertz CT molecular complexity index is 638. The minimum atomic E-state index is 0.624. The average molecular weight is 307 g/mol. The van der Waals surface area contributed by atoms with Crippen LogP contribution in [-0.2, 0) is 0 Å². The molecule has 1 aromatic carbocycles. The van der Waals surface area contributed by atoms with Gasteiger partial charge in [0.15, 0.2) is 0 Å². The highest BCUT2D eigenvalue weighted by atomic mass is 15.2. The molecule has 2 aromatic rings. The van der Waals surface area contributed by atoms with Crippen molar-refractivity contribution in [2.24, 2.45) is 5.92 Å². The molecule has 3 atom stereocenters. The first-order chi connectivity index (χ1) is 11.3. The third-order valence-corrected chi connectivity index (χ3v) is 5.67. The van der Waals surface area contributed by atoms with E-state index in [4.69, 9.17) is 5.73 Å². The van der Waals surface area contributed by atoms with Crippen LogP contribution in [0, 0.1) is 5.92 Å². The molecule has 1 aliphatic heterocycles. The van der Waals surface area contributed by atoms with Crippen LogP contribution in [0.25, 0.3) is 0 Å². The molecule has 0 bridgehead atoms. The molecule has 2 fully saturated rings. The predicted octanol–water partition coefficient (Wildman–Crippen LogP) is 4.22. The van der Waals surface area contributed by atoms with Gasteiger partial charge in [0.05, 0.1) is 11.9 Å². The van der Waals surface area contributed by atoms with Gasteiger partial charge < -0.3 is 10.6 Å². The first-order valence-corrected chi connectivity index (χ1v) is 8.86. The fourth-order valence-corrected chi connectivity index (χ4v) is 4.62. The Balaban J connectivity index is 1.62. The molecule has 1 aliphatic carbocycles. The van der Waals surface area contributed by atoms with Crippen LogP contribution in [0.2, 0.25) is 0 Å². The summed E-state index contributed by atoms with van der Waals surface area (Å²) < 4.78 is 0. The molecule has 0 spiro atoms. The van der Waals surface area contributed by atoms with Crippen molar-refractivity contribution in [3.63, 3.8) is 0 Å². The molecule has 2 N–H and O–H groups in total. The van der Waals surface area contributed by atoms with Crippen LogP contribution in [0.3, 0.4) is 0 Å². The number of nitrogens with two attached hydrogens (primary N) is 1.